The van der Waals surface area contributed by atoms with Gasteiger partial charge in [-0.3, -0.25) is 4.79 Å². The van der Waals surface area contributed by atoms with E-state index in [1.807, 2.05) is 0 Å². The second-order valence-electron chi connectivity index (χ2n) is 5.09. The predicted molar refractivity (Wildman–Crippen MR) is 76.6 cm³/mol. The zero-order chi connectivity index (χ0) is 15.1. The maximum absolute atomic E-state index is 13.7. The number of hydrogen-bond acceptors (Lipinski definition) is 4. The molecular weight excluding hydrogens is 275 g/mol. The molecule has 6 heteroatoms. The van der Waals surface area contributed by atoms with Crippen molar-refractivity contribution in [2.45, 2.75) is 6.61 Å². The van der Waals surface area contributed by atoms with Gasteiger partial charge in [-0.15, -0.1) is 0 Å². The van der Waals surface area contributed by atoms with E-state index in [-0.39, 0.29) is 18.3 Å². The third kappa shape index (κ3) is 4.77. The van der Waals surface area contributed by atoms with Crippen molar-refractivity contribution in [2.75, 3.05) is 40.0 Å². The monoisotopic (exact) mass is 296 g/mol. The smallest absolute Gasteiger partial charge is 0.251 e. The summed E-state index contributed by atoms with van der Waals surface area (Å²) in [6.45, 7) is 3.48. The van der Waals surface area contributed by atoms with Crippen LogP contribution in [0.5, 0.6) is 0 Å². The minimum absolute atomic E-state index is 0.128. The van der Waals surface area contributed by atoms with Gasteiger partial charge in [0.15, 0.2) is 0 Å². The molecule has 0 unspecified atom stereocenters. The van der Waals surface area contributed by atoms with Gasteiger partial charge in [0.2, 0.25) is 0 Å². The molecule has 2 N–H and O–H groups in total. The van der Waals surface area contributed by atoms with Crippen LogP contribution in [0.25, 0.3) is 0 Å². The summed E-state index contributed by atoms with van der Waals surface area (Å²) >= 11 is 0. The summed E-state index contributed by atoms with van der Waals surface area (Å²) in [5, 5.41) is 6.01. The van der Waals surface area contributed by atoms with Gasteiger partial charge in [0, 0.05) is 43.8 Å². The van der Waals surface area contributed by atoms with E-state index in [0.29, 0.717) is 36.8 Å². The molecule has 1 aromatic rings. The van der Waals surface area contributed by atoms with E-state index in [4.69, 9.17) is 9.47 Å². The normalized spacial score (nSPS) is 14.8. The average molecular weight is 296 g/mol. The van der Waals surface area contributed by atoms with Gasteiger partial charge in [-0.2, -0.15) is 0 Å². The van der Waals surface area contributed by atoms with Gasteiger partial charge >= 0.3 is 0 Å². The zero-order valence-electron chi connectivity index (χ0n) is 12.2. The number of benzene rings is 1. The lowest BCUT2D eigenvalue weighted by molar-refractivity contribution is 0.0604. The summed E-state index contributed by atoms with van der Waals surface area (Å²) in [5.41, 5.74) is 0.832. The molecule has 116 valence electrons. The Labute approximate surface area is 123 Å². The zero-order valence-corrected chi connectivity index (χ0v) is 12.2. The minimum atomic E-state index is -0.368. The van der Waals surface area contributed by atoms with E-state index >= 15 is 0 Å². The highest BCUT2D eigenvalue weighted by Gasteiger charge is 2.18. The summed E-state index contributed by atoms with van der Waals surface area (Å²) in [5.74, 6) is -0.0570. The molecule has 0 atom stereocenters. The topological polar surface area (TPSA) is 59.6 Å². The highest BCUT2D eigenvalue weighted by molar-refractivity contribution is 5.94. The van der Waals surface area contributed by atoms with E-state index in [0.717, 1.165) is 13.1 Å². The summed E-state index contributed by atoms with van der Waals surface area (Å²) < 4.78 is 23.8. The van der Waals surface area contributed by atoms with Crippen LogP contribution in [0.2, 0.25) is 0 Å². The lowest BCUT2D eigenvalue weighted by Crippen LogP contribution is -2.48. The lowest BCUT2D eigenvalue weighted by atomic mass is 10.0. The maximum Gasteiger partial charge on any atom is 0.251 e. The van der Waals surface area contributed by atoms with Crippen LogP contribution in [0.1, 0.15) is 15.9 Å². The molecule has 0 saturated carbocycles. The van der Waals surface area contributed by atoms with Gasteiger partial charge in [-0.05, 0) is 18.2 Å². The first-order valence-corrected chi connectivity index (χ1v) is 7.04. The summed E-state index contributed by atoms with van der Waals surface area (Å²) in [6.07, 6.45) is 0. The molecule has 21 heavy (non-hydrogen) atoms. The quantitative estimate of drug-likeness (QED) is 0.701. The number of amides is 1. The molecule has 1 fully saturated rings. The van der Waals surface area contributed by atoms with Crippen LogP contribution in [0.4, 0.5) is 4.39 Å². The third-order valence-corrected chi connectivity index (χ3v) is 3.41. The number of ether oxygens (including phenoxy) is 2. The first-order valence-electron chi connectivity index (χ1n) is 7.04. The van der Waals surface area contributed by atoms with Gasteiger partial charge in [0.05, 0.1) is 19.8 Å². The number of methoxy groups -OCH3 is 1. The number of nitrogens with one attached hydrogen (secondary N) is 2. The molecule has 0 bridgehead atoms. The number of hydrogen-bond donors (Lipinski definition) is 2. The SMILES string of the molecule is COCCOCc1cc(C(=O)NCC2CNC2)ccc1F. The molecule has 0 aliphatic carbocycles. The molecule has 0 aromatic heterocycles. The molecule has 0 radical (unpaired) electrons. The van der Waals surface area contributed by atoms with Gasteiger partial charge in [-0.1, -0.05) is 0 Å². The molecule has 2 rings (SSSR count). The molecule has 1 saturated heterocycles. The Balaban J connectivity index is 1.88. The van der Waals surface area contributed by atoms with E-state index in [1.54, 1.807) is 7.11 Å². The van der Waals surface area contributed by atoms with Gasteiger partial charge in [-0.25, -0.2) is 4.39 Å². The van der Waals surface area contributed by atoms with Gasteiger partial charge < -0.3 is 20.1 Å². The summed E-state index contributed by atoms with van der Waals surface area (Å²) in [4.78, 5) is 12.0. The maximum atomic E-state index is 13.7. The fourth-order valence-corrected chi connectivity index (χ4v) is 1.98. The molecule has 0 spiro atoms. The predicted octanol–water partition coefficient (Wildman–Crippen LogP) is 0.938. The highest BCUT2D eigenvalue weighted by atomic mass is 19.1. The second-order valence-corrected chi connectivity index (χ2v) is 5.09. The standard InChI is InChI=1S/C15H21FN2O3/c1-20-4-5-21-10-13-6-12(2-3-14(13)16)15(19)18-9-11-7-17-8-11/h2-3,6,11,17H,4-5,7-10H2,1H3,(H,18,19). The Hall–Kier alpha value is -1.50. The summed E-state index contributed by atoms with van der Waals surface area (Å²) in [6, 6.07) is 4.33. The van der Waals surface area contributed by atoms with Gasteiger partial charge in [0.25, 0.3) is 5.91 Å². The van der Waals surface area contributed by atoms with Crippen molar-refractivity contribution in [3.8, 4) is 0 Å². The first kappa shape index (κ1) is 15.9. The molecule has 1 aromatic carbocycles. The number of rotatable bonds is 8. The average Bonchev–Trinajstić information content (AvgIpc) is 2.43. The Bertz CT molecular complexity index is 478. The highest BCUT2D eigenvalue weighted by Crippen LogP contribution is 2.12. The molecule has 1 aliphatic heterocycles. The van der Waals surface area contributed by atoms with Crippen LogP contribution in [-0.4, -0.2) is 45.9 Å². The van der Waals surface area contributed by atoms with Gasteiger partial charge in [0.1, 0.15) is 5.82 Å². The fourth-order valence-electron chi connectivity index (χ4n) is 1.98. The third-order valence-electron chi connectivity index (χ3n) is 3.41. The van der Waals surface area contributed by atoms with Crippen LogP contribution in [0.15, 0.2) is 18.2 Å². The van der Waals surface area contributed by atoms with E-state index in [9.17, 15) is 9.18 Å². The van der Waals surface area contributed by atoms with Crippen molar-refractivity contribution in [3.05, 3.63) is 35.1 Å². The van der Waals surface area contributed by atoms with E-state index < -0.39 is 0 Å². The Kier molecular flexibility index (Phi) is 6.10. The van der Waals surface area contributed by atoms with Crippen LogP contribution in [-0.2, 0) is 16.1 Å². The van der Waals surface area contributed by atoms with Crippen molar-refractivity contribution in [1.82, 2.24) is 10.6 Å². The number of carbonyl (C=O) groups is 1. The van der Waals surface area contributed by atoms with Crippen molar-refractivity contribution in [3.63, 3.8) is 0 Å². The van der Waals surface area contributed by atoms with Crippen LogP contribution < -0.4 is 10.6 Å². The summed E-state index contributed by atoms with van der Waals surface area (Å²) in [7, 11) is 1.58. The van der Waals surface area contributed by atoms with Crippen LogP contribution in [0.3, 0.4) is 0 Å². The largest absolute Gasteiger partial charge is 0.382 e. The Morgan fingerprint density at radius 2 is 2.24 bits per heavy atom. The van der Waals surface area contributed by atoms with E-state index in [2.05, 4.69) is 10.6 Å². The minimum Gasteiger partial charge on any atom is -0.382 e. The first-order chi connectivity index (χ1) is 10.2. The Morgan fingerprint density at radius 1 is 1.43 bits per heavy atom. The van der Waals surface area contributed by atoms with Crippen LogP contribution >= 0.6 is 0 Å². The second kappa shape index (κ2) is 8.07. The van der Waals surface area contributed by atoms with Crippen molar-refractivity contribution < 1.29 is 18.7 Å². The van der Waals surface area contributed by atoms with Crippen LogP contribution in [0, 0.1) is 11.7 Å². The van der Waals surface area contributed by atoms with Crippen molar-refractivity contribution in [1.29, 1.82) is 0 Å². The lowest BCUT2D eigenvalue weighted by Gasteiger charge is -2.27. The molecule has 5 nitrogen and oxygen atoms in total. The van der Waals surface area contributed by atoms with E-state index in [1.165, 1.54) is 18.2 Å². The molecule has 1 aliphatic rings. The molecular formula is C15H21FN2O3. The number of carbonyl (C=O) groups excluding carboxylic acids is 1. The molecule has 1 amide bonds. The molecule has 1 heterocycles. The number of halogens is 1. The van der Waals surface area contributed by atoms with Crippen molar-refractivity contribution in [2.24, 2.45) is 5.92 Å². The van der Waals surface area contributed by atoms with Crippen molar-refractivity contribution >= 4 is 5.91 Å². The fraction of sp³-hybridized carbons (Fsp3) is 0.533. The Morgan fingerprint density at radius 3 is 2.90 bits per heavy atom.